The van der Waals surface area contributed by atoms with Crippen molar-refractivity contribution >= 4 is 29.6 Å². The largest absolute Gasteiger partial charge is 1.00 e. The third-order valence-electron chi connectivity index (χ3n) is 5.50. The number of aliphatic hydroxyl groups is 1. The molecular formula is C18H24NNaO6S. The number of hydrogen-bond acceptors (Lipinski definition) is 7. The normalized spacial score (nSPS) is 28.9. The number of thioether (sulfide) groups is 1. The molecule has 1 amide bonds. The Labute approximate surface area is 185 Å². The van der Waals surface area contributed by atoms with Gasteiger partial charge in [-0.15, -0.1) is 11.8 Å². The average Bonchev–Trinajstić information content (AvgIpc) is 2.82. The third-order valence-corrected chi connectivity index (χ3v) is 6.75. The molecule has 9 heteroatoms. The second kappa shape index (κ2) is 9.31. The van der Waals surface area contributed by atoms with Crippen LogP contribution in [0.5, 0.6) is 0 Å². The van der Waals surface area contributed by atoms with Crippen molar-refractivity contribution in [2.75, 3.05) is 5.75 Å². The van der Waals surface area contributed by atoms with Crippen molar-refractivity contribution in [3.63, 3.8) is 0 Å². The van der Waals surface area contributed by atoms with Crippen LogP contribution in [0, 0.1) is 11.8 Å². The molecule has 0 bridgehead atoms. The predicted molar refractivity (Wildman–Crippen MR) is 92.4 cm³/mol. The van der Waals surface area contributed by atoms with E-state index in [4.69, 9.17) is 4.74 Å². The SMILES string of the molecule is C[C@@H](O)[C@H]1C(=O)N2C(C(=O)[O-])=C(SCC(=O)OC3CCCCC3)[C@H](C)[C@H]12.[Na+]. The molecule has 0 aromatic carbocycles. The minimum Gasteiger partial charge on any atom is -0.543 e. The van der Waals surface area contributed by atoms with E-state index < -0.39 is 29.9 Å². The zero-order valence-corrected chi connectivity index (χ0v) is 18.8. The number of carbonyl (C=O) groups excluding carboxylic acids is 3. The van der Waals surface area contributed by atoms with Crippen molar-refractivity contribution in [2.24, 2.45) is 11.8 Å². The predicted octanol–water partition coefficient (Wildman–Crippen LogP) is -2.58. The Morgan fingerprint density at radius 3 is 2.52 bits per heavy atom. The van der Waals surface area contributed by atoms with Gasteiger partial charge in [-0.05, 0) is 32.6 Å². The van der Waals surface area contributed by atoms with Crippen molar-refractivity contribution < 1.29 is 58.9 Å². The number of fused-ring (bicyclic) bond motifs is 1. The van der Waals surface area contributed by atoms with Crippen LogP contribution in [0.3, 0.4) is 0 Å². The summed E-state index contributed by atoms with van der Waals surface area (Å²) in [5.74, 6) is -3.09. The van der Waals surface area contributed by atoms with Gasteiger partial charge in [0.15, 0.2) is 0 Å². The van der Waals surface area contributed by atoms with E-state index in [1.807, 2.05) is 6.92 Å². The monoisotopic (exact) mass is 405 g/mol. The number of aliphatic carboxylic acids is 1. The molecule has 0 aromatic rings. The molecule has 7 nitrogen and oxygen atoms in total. The van der Waals surface area contributed by atoms with Gasteiger partial charge < -0.3 is 24.6 Å². The fraction of sp³-hybridized carbons (Fsp3) is 0.722. The Bertz CT molecular complexity index is 646. The van der Waals surface area contributed by atoms with Crippen LogP contribution in [0.15, 0.2) is 10.6 Å². The molecule has 4 atom stereocenters. The molecular weight excluding hydrogens is 381 g/mol. The quantitative estimate of drug-likeness (QED) is 0.294. The van der Waals surface area contributed by atoms with Crippen LogP contribution in [0.1, 0.15) is 46.0 Å². The zero-order chi connectivity index (χ0) is 19.0. The first-order chi connectivity index (χ1) is 12.3. The number of carbonyl (C=O) groups is 3. The van der Waals surface area contributed by atoms with E-state index in [1.54, 1.807) is 0 Å². The second-order valence-corrected chi connectivity index (χ2v) is 8.31. The van der Waals surface area contributed by atoms with Gasteiger partial charge in [-0.2, -0.15) is 0 Å². The van der Waals surface area contributed by atoms with E-state index in [0.29, 0.717) is 4.91 Å². The van der Waals surface area contributed by atoms with Gasteiger partial charge in [-0.3, -0.25) is 9.59 Å². The van der Waals surface area contributed by atoms with E-state index in [-0.39, 0.29) is 59.0 Å². The maximum Gasteiger partial charge on any atom is 1.00 e. The Kier molecular flexibility index (Phi) is 7.84. The number of carboxylic acid groups (broad SMARTS) is 1. The van der Waals surface area contributed by atoms with E-state index in [9.17, 15) is 24.6 Å². The Balaban J connectivity index is 0.00000261. The van der Waals surface area contributed by atoms with Crippen LogP contribution in [-0.4, -0.2) is 51.9 Å². The van der Waals surface area contributed by atoms with Crippen molar-refractivity contribution in [3.8, 4) is 0 Å². The topological polar surface area (TPSA) is 107 Å². The van der Waals surface area contributed by atoms with Crippen LogP contribution in [0.25, 0.3) is 0 Å². The Morgan fingerprint density at radius 1 is 1.33 bits per heavy atom. The summed E-state index contributed by atoms with van der Waals surface area (Å²) in [6.45, 7) is 3.34. The first kappa shape index (κ1) is 22.7. The maximum absolute atomic E-state index is 12.2. The molecule has 0 spiro atoms. The van der Waals surface area contributed by atoms with Gasteiger partial charge in [0.1, 0.15) is 6.10 Å². The zero-order valence-electron chi connectivity index (χ0n) is 16.0. The fourth-order valence-electron chi connectivity index (χ4n) is 4.25. The number of aliphatic hydroxyl groups excluding tert-OH is 1. The number of β-lactam (4-membered cyclic amide) rings is 1. The standard InChI is InChI=1S/C18H25NO6S.Na/c1-9-14-13(10(2)20)17(22)19(14)15(18(23)24)16(9)26-8-12(21)25-11-6-4-3-5-7-11;/h9-11,13-14,20H,3-8H2,1-2H3,(H,23,24);/q;+1/p-1/t9-,10-,13-,14-;/m1./s1. The third kappa shape index (κ3) is 4.40. The molecule has 1 saturated carbocycles. The number of ether oxygens (including phenoxy) is 1. The van der Waals surface area contributed by atoms with E-state index >= 15 is 0 Å². The van der Waals surface area contributed by atoms with Gasteiger partial charge in [0.05, 0.1) is 35.5 Å². The Morgan fingerprint density at radius 2 is 1.96 bits per heavy atom. The van der Waals surface area contributed by atoms with Crippen LogP contribution >= 0.6 is 11.8 Å². The summed E-state index contributed by atoms with van der Waals surface area (Å²) in [5, 5.41) is 21.4. The molecule has 0 aromatic heterocycles. The van der Waals surface area contributed by atoms with Crippen molar-refractivity contribution in [1.82, 2.24) is 4.90 Å². The molecule has 3 aliphatic rings. The van der Waals surface area contributed by atoms with E-state index in [2.05, 4.69) is 0 Å². The smallest absolute Gasteiger partial charge is 0.543 e. The minimum absolute atomic E-state index is 0. The molecule has 27 heavy (non-hydrogen) atoms. The number of nitrogens with zero attached hydrogens (tertiary/aromatic N) is 1. The molecule has 1 saturated heterocycles. The first-order valence-electron chi connectivity index (χ1n) is 9.11. The summed E-state index contributed by atoms with van der Waals surface area (Å²) in [6.07, 6.45) is 4.13. The minimum atomic E-state index is -1.43. The fourth-order valence-corrected chi connectivity index (χ4v) is 5.31. The van der Waals surface area contributed by atoms with Gasteiger partial charge in [-0.1, -0.05) is 13.3 Å². The Hall–Kier alpha value is -0.540. The number of carboxylic acids is 1. The first-order valence-corrected chi connectivity index (χ1v) is 10.1. The van der Waals surface area contributed by atoms with Crippen molar-refractivity contribution in [2.45, 2.75) is 64.2 Å². The van der Waals surface area contributed by atoms with Crippen LogP contribution in [-0.2, 0) is 19.1 Å². The van der Waals surface area contributed by atoms with Gasteiger partial charge >= 0.3 is 35.5 Å². The molecule has 3 rings (SSSR count). The van der Waals surface area contributed by atoms with E-state index in [0.717, 1.165) is 43.9 Å². The summed E-state index contributed by atoms with van der Waals surface area (Å²) < 4.78 is 5.47. The van der Waals surface area contributed by atoms with Crippen LogP contribution < -0.4 is 34.7 Å². The summed E-state index contributed by atoms with van der Waals surface area (Å²) >= 11 is 1.10. The maximum atomic E-state index is 12.2. The van der Waals surface area contributed by atoms with Crippen LogP contribution in [0.2, 0.25) is 0 Å². The molecule has 1 N–H and O–H groups in total. The molecule has 1 aliphatic carbocycles. The number of esters is 1. The molecule has 2 aliphatic heterocycles. The van der Waals surface area contributed by atoms with Crippen molar-refractivity contribution in [3.05, 3.63) is 10.6 Å². The van der Waals surface area contributed by atoms with Gasteiger partial charge in [0, 0.05) is 10.8 Å². The molecule has 2 fully saturated rings. The van der Waals surface area contributed by atoms with Gasteiger partial charge in [0.2, 0.25) is 5.91 Å². The summed E-state index contributed by atoms with van der Waals surface area (Å²) in [7, 11) is 0. The van der Waals surface area contributed by atoms with Gasteiger partial charge in [0.25, 0.3) is 0 Å². The molecule has 0 radical (unpaired) electrons. The average molecular weight is 405 g/mol. The number of rotatable bonds is 6. The van der Waals surface area contributed by atoms with Crippen molar-refractivity contribution in [1.29, 1.82) is 0 Å². The molecule has 0 unspecified atom stereocenters. The van der Waals surface area contributed by atoms with Crippen LogP contribution in [0.4, 0.5) is 0 Å². The molecule has 2 heterocycles. The van der Waals surface area contributed by atoms with Gasteiger partial charge in [-0.25, -0.2) is 0 Å². The summed E-state index contributed by atoms with van der Waals surface area (Å²) in [4.78, 5) is 37.6. The summed E-state index contributed by atoms with van der Waals surface area (Å²) in [6, 6.07) is -0.396. The van der Waals surface area contributed by atoms with E-state index in [1.165, 1.54) is 11.8 Å². The summed E-state index contributed by atoms with van der Waals surface area (Å²) in [5.41, 5.74) is -0.167. The number of amides is 1. The second-order valence-electron chi connectivity index (χ2n) is 7.29. The molecule has 144 valence electrons. The number of hydrogen-bond donors (Lipinski definition) is 1.